The summed E-state index contributed by atoms with van der Waals surface area (Å²) in [6.45, 7) is 0.273. The third-order valence-electron chi connectivity index (χ3n) is 2.13. The van der Waals surface area contributed by atoms with Crippen LogP contribution in [-0.4, -0.2) is 17.4 Å². The summed E-state index contributed by atoms with van der Waals surface area (Å²) in [7, 11) is 0. The number of rotatable bonds is 2. The van der Waals surface area contributed by atoms with Gasteiger partial charge in [0.15, 0.2) is 11.0 Å². The van der Waals surface area contributed by atoms with Gasteiger partial charge >= 0.3 is 0 Å². The lowest BCUT2D eigenvalue weighted by molar-refractivity contribution is 0.0996. The zero-order valence-corrected chi connectivity index (χ0v) is 10.6. The molecule has 19 heavy (non-hydrogen) atoms. The van der Waals surface area contributed by atoms with Gasteiger partial charge in [0.05, 0.1) is 6.54 Å². The average Bonchev–Trinajstić information content (AvgIpc) is 2.83. The molecule has 0 aliphatic heterocycles. The maximum atomic E-state index is 11.8. The smallest absolute Gasteiger partial charge is 0.292 e. The highest BCUT2D eigenvalue weighted by molar-refractivity contribution is 6.29. The number of amides is 1. The van der Waals surface area contributed by atoms with Crippen LogP contribution in [0.3, 0.4) is 0 Å². The molecular weight excluding hydrogens is 266 g/mol. The quantitative estimate of drug-likeness (QED) is 0.820. The zero-order chi connectivity index (χ0) is 13.7. The van der Waals surface area contributed by atoms with Gasteiger partial charge in [-0.25, -0.2) is 4.98 Å². The Labute approximate surface area is 114 Å². The van der Waals surface area contributed by atoms with E-state index in [-0.39, 0.29) is 17.5 Å². The van der Waals surface area contributed by atoms with Crippen molar-refractivity contribution in [2.45, 2.75) is 0 Å². The highest BCUT2D eigenvalue weighted by atomic mass is 35.5. The fraction of sp³-hybridized carbons (Fsp3) is 0.0769. The molecular formula is C13H10ClN3O2. The number of anilines is 1. The number of furan rings is 1. The monoisotopic (exact) mass is 275 g/mol. The fourth-order valence-corrected chi connectivity index (χ4v) is 1.49. The van der Waals surface area contributed by atoms with Crippen LogP contribution in [0.1, 0.15) is 16.1 Å². The van der Waals surface area contributed by atoms with Crippen LogP contribution in [0.25, 0.3) is 0 Å². The highest BCUT2D eigenvalue weighted by Crippen LogP contribution is 2.14. The lowest BCUT2D eigenvalue weighted by Crippen LogP contribution is -2.12. The molecule has 0 bridgehead atoms. The van der Waals surface area contributed by atoms with Crippen molar-refractivity contribution in [3.05, 3.63) is 47.0 Å². The summed E-state index contributed by atoms with van der Waals surface area (Å²) >= 11 is 5.60. The van der Waals surface area contributed by atoms with Crippen molar-refractivity contribution in [3.63, 3.8) is 0 Å². The largest absolute Gasteiger partial charge is 0.440 e. The van der Waals surface area contributed by atoms with Crippen molar-refractivity contribution in [2.24, 2.45) is 5.73 Å². The Kier molecular flexibility index (Phi) is 4.18. The standard InChI is InChI=1S/C13H10ClN3O2/c14-11-4-3-10(19-11)13(18)17-12-8-9(2-1-6-15)5-7-16-12/h3-5,7-8H,6,15H2,(H,16,17,18). The molecule has 0 atom stereocenters. The molecule has 0 saturated carbocycles. The Hall–Kier alpha value is -2.29. The van der Waals surface area contributed by atoms with Gasteiger partial charge in [0.1, 0.15) is 5.82 Å². The summed E-state index contributed by atoms with van der Waals surface area (Å²) in [5.41, 5.74) is 6.01. The minimum Gasteiger partial charge on any atom is -0.440 e. The number of hydrogen-bond acceptors (Lipinski definition) is 4. The molecule has 1 amide bonds. The van der Waals surface area contributed by atoms with Gasteiger partial charge in [0.2, 0.25) is 0 Å². The van der Waals surface area contributed by atoms with Crippen LogP contribution < -0.4 is 11.1 Å². The van der Waals surface area contributed by atoms with Crippen molar-refractivity contribution in [1.29, 1.82) is 0 Å². The molecule has 0 aliphatic carbocycles. The Morgan fingerprint density at radius 3 is 3.00 bits per heavy atom. The van der Waals surface area contributed by atoms with E-state index in [0.29, 0.717) is 11.4 Å². The molecule has 0 spiro atoms. The third kappa shape index (κ3) is 3.58. The van der Waals surface area contributed by atoms with Crippen LogP contribution in [0.4, 0.5) is 5.82 Å². The number of hydrogen-bond donors (Lipinski definition) is 2. The van der Waals surface area contributed by atoms with E-state index in [2.05, 4.69) is 22.1 Å². The van der Waals surface area contributed by atoms with Gasteiger partial charge in [0.25, 0.3) is 5.91 Å². The topological polar surface area (TPSA) is 81.1 Å². The predicted molar refractivity (Wildman–Crippen MR) is 71.8 cm³/mol. The van der Waals surface area contributed by atoms with Gasteiger partial charge in [0, 0.05) is 11.8 Å². The van der Waals surface area contributed by atoms with E-state index >= 15 is 0 Å². The minimum atomic E-state index is -0.427. The number of nitrogens with two attached hydrogens (primary N) is 1. The molecule has 96 valence electrons. The summed E-state index contributed by atoms with van der Waals surface area (Å²) in [5, 5.41) is 2.74. The van der Waals surface area contributed by atoms with E-state index in [1.165, 1.54) is 12.1 Å². The van der Waals surface area contributed by atoms with Crippen LogP contribution in [-0.2, 0) is 0 Å². The molecule has 0 aliphatic rings. The summed E-state index contributed by atoms with van der Waals surface area (Å²) in [6.07, 6.45) is 1.55. The van der Waals surface area contributed by atoms with Gasteiger partial charge in [-0.2, -0.15) is 0 Å². The molecule has 2 aromatic rings. The second kappa shape index (κ2) is 6.05. The second-order valence-electron chi connectivity index (χ2n) is 3.49. The lowest BCUT2D eigenvalue weighted by Gasteiger charge is -2.02. The molecule has 0 saturated heterocycles. The molecule has 0 fully saturated rings. The Balaban J connectivity index is 2.13. The van der Waals surface area contributed by atoms with Gasteiger partial charge in [-0.1, -0.05) is 11.8 Å². The number of nitrogens with one attached hydrogen (secondary N) is 1. The first kappa shape index (κ1) is 13.1. The van der Waals surface area contributed by atoms with Gasteiger partial charge in [-0.3, -0.25) is 4.79 Å². The first-order chi connectivity index (χ1) is 9.19. The van der Waals surface area contributed by atoms with Gasteiger partial charge < -0.3 is 15.5 Å². The molecule has 2 heterocycles. The summed E-state index contributed by atoms with van der Waals surface area (Å²) in [5.74, 6) is 5.64. The Bertz CT molecular complexity index is 655. The lowest BCUT2D eigenvalue weighted by atomic mass is 10.2. The van der Waals surface area contributed by atoms with E-state index < -0.39 is 5.91 Å². The molecule has 3 N–H and O–H groups in total. The van der Waals surface area contributed by atoms with Crippen molar-refractivity contribution < 1.29 is 9.21 Å². The van der Waals surface area contributed by atoms with Crippen molar-refractivity contribution in [2.75, 3.05) is 11.9 Å². The SMILES string of the molecule is NCC#Cc1ccnc(NC(=O)c2ccc(Cl)o2)c1. The van der Waals surface area contributed by atoms with Crippen molar-refractivity contribution in [3.8, 4) is 11.8 Å². The maximum Gasteiger partial charge on any atom is 0.292 e. The minimum absolute atomic E-state index is 0.116. The second-order valence-corrected chi connectivity index (χ2v) is 3.87. The average molecular weight is 276 g/mol. The molecule has 0 unspecified atom stereocenters. The normalized spacial score (nSPS) is 9.58. The van der Waals surface area contributed by atoms with Crippen molar-refractivity contribution in [1.82, 2.24) is 4.98 Å². The van der Waals surface area contributed by atoms with Crippen molar-refractivity contribution >= 4 is 23.3 Å². The summed E-state index contributed by atoms with van der Waals surface area (Å²) in [4.78, 5) is 15.8. The maximum absolute atomic E-state index is 11.8. The van der Waals surface area contributed by atoms with Crippen LogP contribution in [0.2, 0.25) is 5.22 Å². The summed E-state index contributed by atoms with van der Waals surface area (Å²) < 4.78 is 4.99. The molecule has 6 heteroatoms. The van der Waals surface area contributed by atoms with Crippen LogP contribution in [0.5, 0.6) is 0 Å². The molecule has 5 nitrogen and oxygen atoms in total. The molecule has 2 aromatic heterocycles. The number of nitrogens with zero attached hydrogens (tertiary/aromatic N) is 1. The predicted octanol–water partition coefficient (Wildman–Crippen LogP) is 1.89. The van der Waals surface area contributed by atoms with E-state index in [1.807, 2.05) is 0 Å². The zero-order valence-electron chi connectivity index (χ0n) is 9.81. The number of pyridine rings is 1. The van der Waals surface area contributed by atoms with E-state index in [1.54, 1.807) is 18.3 Å². The molecule has 0 aromatic carbocycles. The van der Waals surface area contributed by atoms with Crippen LogP contribution in [0.15, 0.2) is 34.9 Å². The van der Waals surface area contributed by atoms with E-state index in [9.17, 15) is 4.79 Å². The molecule has 0 radical (unpaired) electrons. The third-order valence-corrected chi connectivity index (χ3v) is 2.34. The van der Waals surface area contributed by atoms with Gasteiger partial charge in [-0.15, -0.1) is 0 Å². The fourth-order valence-electron chi connectivity index (χ4n) is 1.34. The van der Waals surface area contributed by atoms with Crippen LogP contribution >= 0.6 is 11.6 Å². The molecule has 2 rings (SSSR count). The van der Waals surface area contributed by atoms with Gasteiger partial charge in [-0.05, 0) is 35.9 Å². The number of carbonyl (C=O) groups is 1. The Morgan fingerprint density at radius 1 is 1.47 bits per heavy atom. The Morgan fingerprint density at radius 2 is 2.32 bits per heavy atom. The van der Waals surface area contributed by atoms with Crippen LogP contribution in [0, 0.1) is 11.8 Å². The number of aromatic nitrogens is 1. The first-order valence-corrected chi connectivity index (χ1v) is 5.78. The summed E-state index contributed by atoms with van der Waals surface area (Å²) in [6, 6.07) is 6.34. The highest BCUT2D eigenvalue weighted by Gasteiger charge is 2.11. The van der Waals surface area contributed by atoms with E-state index in [0.717, 1.165) is 0 Å². The number of carbonyl (C=O) groups excluding carboxylic acids is 1. The van der Waals surface area contributed by atoms with E-state index in [4.69, 9.17) is 21.8 Å². The number of halogens is 1. The first-order valence-electron chi connectivity index (χ1n) is 5.41.